The van der Waals surface area contributed by atoms with Gasteiger partial charge < -0.3 is 0 Å². The molecule has 0 amide bonds. The fourth-order valence-corrected chi connectivity index (χ4v) is 20.5. The fourth-order valence-electron chi connectivity index (χ4n) is 3.89. The first kappa shape index (κ1) is 20.4. The van der Waals surface area contributed by atoms with E-state index in [0.29, 0.717) is 0 Å². The van der Waals surface area contributed by atoms with Crippen LogP contribution in [0.2, 0.25) is 13.3 Å². The van der Waals surface area contributed by atoms with E-state index in [0.717, 1.165) is 0 Å². The van der Waals surface area contributed by atoms with Gasteiger partial charge in [0.2, 0.25) is 0 Å². The van der Waals surface area contributed by atoms with Crippen LogP contribution in [0.1, 0.15) is 59.3 Å². The third kappa shape index (κ3) is 5.54. The quantitative estimate of drug-likeness (QED) is 0.385. The average Bonchev–Trinajstić information content (AvgIpc) is 2.68. The zero-order valence-electron chi connectivity index (χ0n) is 16.3. The van der Waals surface area contributed by atoms with Gasteiger partial charge in [-0.3, -0.25) is 0 Å². The second-order valence-electron chi connectivity index (χ2n) is 7.23. The van der Waals surface area contributed by atoms with E-state index >= 15 is 0 Å². The van der Waals surface area contributed by atoms with E-state index in [4.69, 9.17) is 4.98 Å². The summed E-state index contributed by atoms with van der Waals surface area (Å²) in [7, 11) is 0. The summed E-state index contributed by atoms with van der Waals surface area (Å²) in [6.07, 6.45) is 13.9. The third-order valence-corrected chi connectivity index (χ3v) is 21.0. The van der Waals surface area contributed by atoms with E-state index in [1.807, 2.05) is 24.7 Å². The van der Waals surface area contributed by atoms with Crippen LogP contribution in [0.15, 0.2) is 42.9 Å². The van der Waals surface area contributed by atoms with Crippen molar-refractivity contribution >= 4 is 22.0 Å². The van der Waals surface area contributed by atoms with Gasteiger partial charge >= 0.3 is 159 Å². The molecular weight excluding hydrogens is 411 g/mol. The Morgan fingerprint density at radius 2 is 1.40 bits per heavy atom. The third-order valence-electron chi connectivity index (χ3n) is 5.34. The average molecular weight is 445 g/mol. The zero-order valence-corrected chi connectivity index (χ0v) is 19.2. The molecule has 0 aliphatic heterocycles. The molecule has 2 aromatic rings. The van der Waals surface area contributed by atoms with Gasteiger partial charge in [-0.05, 0) is 0 Å². The fraction of sp³-hybridized carbons (Fsp3) is 0.545. The number of hydrogen-bond donors (Lipinski definition) is 0. The molecule has 3 heteroatoms. The molecule has 0 saturated heterocycles. The first-order valence-corrected chi connectivity index (χ1v) is 17.6. The normalized spacial score (nSPS) is 11.6. The zero-order chi connectivity index (χ0) is 18.0. The molecule has 136 valence electrons. The molecule has 0 unspecified atom stereocenters. The van der Waals surface area contributed by atoms with Gasteiger partial charge in [-0.1, -0.05) is 0 Å². The molecule has 0 aromatic carbocycles. The van der Waals surface area contributed by atoms with E-state index in [1.165, 1.54) is 63.1 Å². The van der Waals surface area contributed by atoms with Crippen LogP contribution in [0.25, 0.3) is 11.3 Å². The molecule has 0 N–H and O–H groups in total. The number of hydrogen-bond acceptors (Lipinski definition) is 2. The SMILES string of the molecule is CCC[CH2][Sn]([CH2]CCC)([CH2]CCC)[c]1cccnc1-c1cccnc1. The second kappa shape index (κ2) is 10.9. The molecular formula is C22H34N2Sn. The van der Waals surface area contributed by atoms with E-state index in [1.54, 1.807) is 3.58 Å². The summed E-state index contributed by atoms with van der Waals surface area (Å²) in [6.45, 7) is 7.00. The number of nitrogens with zero attached hydrogens (tertiary/aromatic N) is 2. The molecule has 0 saturated carbocycles. The van der Waals surface area contributed by atoms with Crippen molar-refractivity contribution in [3.63, 3.8) is 0 Å². The standard InChI is InChI=1S/C10H7N2.3C4H9.Sn/c1-2-7-12-10(5-1)9-4-3-6-11-8-9;3*1-3-4-2;/h1-4,6-8H;3*1,3-4H2,2H3;. The van der Waals surface area contributed by atoms with E-state index in [2.05, 4.69) is 44.0 Å². The van der Waals surface area contributed by atoms with E-state index in [-0.39, 0.29) is 0 Å². The predicted octanol–water partition coefficient (Wildman–Crippen LogP) is 6.20. The summed E-state index contributed by atoms with van der Waals surface area (Å²) in [6, 6.07) is 8.81. The topological polar surface area (TPSA) is 25.8 Å². The van der Waals surface area contributed by atoms with Crippen molar-refractivity contribution in [1.82, 2.24) is 9.97 Å². The van der Waals surface area contributed by atoms with Crippen molar-refractivity contribution in [3.8, 4) is 11.3 Å². The summed E-state index contributed by atoms with van der Waals surface area (Å²) in [5.74, 6) is 0. The molecule has 25 heavy (non-hydrogen) atoms. The molecule has 0 bridgehead atoms. The van der Waals surface area contributed by atoms with Gasteiger partial charge in [0, 0.05) is 0 Å². The van der Waals surface area contributed by atoms with Crippen LogP contribution in [-0.2, 0) is 0 Å². The number of pyridine rings is 2. The van der Waals surface area contributed by atoms with Gasteiger partial charge in [0.15, 0.2) is 0 Å². The van der Waals surface area contributed by atoms with E-state index < -0.39 is 18.4 Å². The van der Waals surface area contributed by atoms with Crippen molar-refractivity contribution in [2.45, 2.75) is 72.6 Å². The van der Waals surface area contributed by atoms with Gasteiger partial charge in [0.05, 0.1) is 0 Å². The van der Waals surface area contributed by atoms with Crippen LogP contribution in [-0.4, -0.2) is 28.3 Å². The van der Waals surface area contributed by atoms with Gasteiger partial charge in [-0.15, -0.1) is 0 Å². The monoisotopic (exact) mass is 446 g/mol. The molecule has 0 atom stereocenters. The van der Waals surface area contributed by atoms with Gasteiger partial charge in [-0.2, -0.15) is 0 Å². The van der Waals surface area contributed by atoms with Crippen LogP contribution in [0.3, 0.4) is 0 Å². The van der Waals surface area contributed by atoms with Crippen LogP contribution in [0, 0.1) is 0 Å². The molecule has 0 fully saturated rings. The van der Waals surface area contributed by atoms with Crippen molar-refractivity contribution in [1.29, 1.82) is 0 Å². The molecule has 0 aliphatic carbocycles. The second-order valence-corrected chi connectivity index (χ2v) is 20.4. The summed E-state index contributed by atoms with van der Waals surface area (Å²) >= 11 is -2.48. The summed E-state index contributed by atoms with van der Waals surface area (Å²) < 4.78 is 6.08. The maximum absolute atomic E-state index is 4.85. The predicted molar refractivity (Wildman–Crippen MR) is 112 cm³/mol. The Hall–Kier alpha value is -0.901. The van der Waals surface area contributed by atoms with Crippen LogP contribution < -0.4 is 3.58 Å². The first-order valence-electron chi connectivity index (χ1n) is 10.1. The Bertz CT molecular complexity index is 591. The molecule has 0 spiro atoms. The minimum absolute atomic E-state index is 1.20. The molecule has 2 nitrogen and oxygen atoms in total. The first-order chi connectivity index (χ1) is 12.3. The maximum atomic E-state index is 4.85. The van der Waals surface area contributed by atoms with E-state index in [9.17, 15) is 0 Å². The van der Waals surface area contributed by atoms with Gasteiger partial charge in [-0.25, -0.2) is 0 Å². The number of aromatic nitrogens is 2. The van der Waals surface area contributed by atoms with Crippen LogP contribution in [0.5, 0.6) is 0 Å². The Kier molecular flexibility index (Phi) is 8.94. The summed E-state index contributed by atoms with van der Waals surface area (Å²) in [5, 5.41) is 0. The number of unbranched alkanes of at least 4 members (excludes halogenated alkanes) is 3. The molecule has 0 aliphatic rings. The van der Waals surface area contributed by atoms with Crippen molar-refractivity contribution < 1.29 is 0 Å². The van der Waals surface area contributed by atoms with Gasteiger partial charge in [0.25, 0.3) is 0 Å². The number of rotatable bonds is 11. The summed E-state index contributed by atoms with van der Waals surface area (Å²) in [4.78, 5) is 9.21. The van der Waals surface area contributed by atoms with Crippen molar-refractivity contribution in [2.75, 3.05) is 0 Å². The molecule has 2 heterocycles. The van der Waals surface area contributed by atoms with Gasteiger partial charge in [0.1, 0.15) is 0 Å². The summed E-state index contributed by atoms with van der Waals surface area (Å²) in [5.41, 5.74) is 2.43. The minimum atomic E-state index is -2.48. The van der Waals surface area contributed by atoms with Crippen LogP contribution in [0.4, 0.5) is 0 Å². The van der Waals surface area contributed by atoms with Crippen molar-refractivity contribution in [2.24, 2.45) is 0 Å². The molecule has 2 rings (SSSR count). The molecule has 2 aromatic heterocycles. The van der Waals surface area contributed by atoms with Crippen molar-refractivity contribution in [3.05, 3.63) is 42.9 Å². The Morgan fingerprint density at radius 1 is 0.800 bits per heavy atom. The Morgan fingerprint density at radius 3 is 1.92 bits per heavy atom. The van der Waals surface area contributed by atoms with Crippen LogP contribution >= 0.6 is 0 Å². The Labute approximate surface area is 158 Å². The Balaban J connectivity index is 2.51. The molecule has 0 radical (unpaired) electrons.